The van der Waals surface area contributed by atoms with E-state index in [2.05, 4.69) is 16.7 Å². The van der Waals surface area contributed by atoms with Gasteiger partial charge in [0.15, 0.2) is 0 Å². The Kier molecular flexibility index (Phi) is 2.91. The maximum Gasteiger partial charge on any atom is 0.230 e. The van der Waals surface area contributed by atoms with E-state index < -0.39 is 4.33 Å². The summed E-state index contributed by atoms with van der Waals surface area (Å²) in [5.74, 6) is -0.388. The van der Waals surface area contributed by atoms with Crippen molar-refractivity contribution in [3.8, 4) is 0 Å². The molecule has 96 valence electrons. The molecule has 1 unspecified atom stereocenters. The van der Waals surface area contributed by atoms with Crippen molar-refractivity contribution >= 4 is 40.5 Å². The molecule has 3 rings (SSSR count). The number of carbonyl (C=O) groups is 1. The molecule has 2 aliphatic rings. The van der Waals surface area contributed by atoms with Crippen LogP contribution < -0.4 is 10.6 Å². The molecule has 1 aliphatic heterocycles. The van der Waals surface area contributed by atoms with Crippen molar-refractivity contribution in [1.82, 2.24) is 0 Å². The zero-order chi connectivity index (χ0) is 12.8. The Morgan fingerprint density at radius 1 is 1.44 bits per heavy atom. The fourth-order valence-corrected chi connectivity index (χ4v) is 2.77. The number of anilines is 2. The van der Waals surface area contributed by atoms with Gasteiger partial charge < -0.3 is 10.6 Å². The number of alkyl halides is 2. The van der Waals surface area contributed by atoms with Gasteiger partial charge in [-0.2, -0.15) is 0 Å². The van der Waals surface area contributed by atoms with Crippen LogP contribution in [0.5, 0.6) is 0 Å². The molecule has 1 fully saturated rings. The second-order valence-corrected chi connectivity index (χ2v) is 6.45. The summed E-state index contributed by atoms with van der Waals surface area (Å²) in [4.78, 5) is 11.9. The fourth-order valence-electron chi connectivity index (χ4n) is 2.27. The summed E-state index contributed by atoms with van der Waals surface area (Å²) >= 11 is 11.8. The first kappa shape index (κ1) is 12.1. The largest absolute Gasteiger partial charge is 0.385 e. The predicted octanol–water partition coefficient (Wildman–Crippen LogP) is 3.18. The number of nitrogens with one attached hydrogen (secondary N) is 2. The van der Waals surface area contributed by atoms with Crippen LogP contribution in [0.15, 0.2) is 18.2 Å². The third-order valence-corrected chi connectivity index (χ3v) is 4.29. The van der Waals surface area contributed by atoms with E-state index in [1.807, 2.05) is 12.1 Å². The molecule has 1 aliphatic carbocycles. The highest BCUT2D eigenvalue weighted by molar-refractivity contribution is 6.52. The van der Waals surface area contributed by atoms with Gasteiger partial charge in [0.2, 0.25) is 5.91 Å². The van der Waals surface area contributed by atoms with E-state index in [1.54, 1.807) is 0 Å². The average molecular weight is 285 g/mol. The lowest BCUT2D eigenvalue weighted by molar-refractivity contribution is -0.117. The number of amides is 1. The lowest BCUT2D eigenvalue weighted by Gasteiger charge is -2.18. The quantitative estimate of drug-likeness (QED) is 0.819. The summed E-state index contributed by atoms with van der Waals surface area (Å²) in [7, 11) is 0. The van der Waals surface area contributed by atoms with Gasteiger partial charge in [0.05, 0.1) is 5.92 Å². The number of hydrogen-bond donors (Lipinski definition) is 2. The highest BCUT2D eigenvalue weighted by atomic mass is 35.5. The maximum atomic E-state index is 11.9. The number of aryl methyl sites for hydroxylation is 1. The van der Waals surface area contributed by atoms with Crippen LogP contribution in [-0.2, 0) is 11.2 Å². The number of hydrogen-bond acceptors (Lipinski definition) is 2. The van der Waals surface area contributed by atoms with Crippen molar-refractivity contribution in [3.05, 3.63) is 23.8 Å². The predicted molar refractivity (Wildman–Crippen MR) is 74.4 cm³/mol. The van der Waals surface area contributed by atoms with Gasteiger partial charge in [-0.3, -0.25) is 4.79 Å². The van der Waals surface area contributed by atoms with Crippen molar-refractivity contribution in [2.45, 2.75) is 23.6 Å². The molecule has 1 saturated carbocycles. The van der Waals surface area contributed by atoms with Crippen LogP contribution in [-0.4, -0.2) is 16.8 Å². The Morgan fingerprint density at radius 2 is 2.22 bits per heavy atom. The summed E-state index contributed by atoms with van der Waals surface area (Å²) < 4.78 is -0.865. The number of rotatable bonds is 2. The highest BCUT2D eigenvalue weighted by Gasteiger charge is 2.56. The van der Waals surface area contributed by atoms with Crippen LogP contribution in [0.4, 0.5) is 11.4 Å². The molecular weight excluding hydrogens is 271 g/mol. The third kappa shape index (κ3) is 2.29. The van der Waals surface area contributed by atoms with E-state index in [9.17, 15) is 4.79 Å². The third-order valence-electron chi connectivity index (χ3n) is 3.46. The summed E-state index contributed by atoms with van der Waals surface area (Å²) in [6.45, 7) is 0.986. The van der Waals surface area contributed by atoms with Gasteiger partial charge >= 0.3 is 0 Å². The molecule has 0 saturated heterocycles. The molecule has 1 atom stereocenters. The molecule has 18 heavy (non-hydrogen) atoms. The van der Waals surface area contributed by atoms with Crippen LogP contribution in [0.1, 0.15) is 18.4 Å². The fraction of sp³-hybridized carbons (Fsp3) is 0.462. The van der Waals surface area contributed by atoms with Gasteiger partial charge in [-0.15, -0.1) is 23.2 Å². The normalized spacial score (nSPS) is 23.8. The monoisotopic (exact) mass is 284 g/mol. The van der Waals surface area contributed by atoms with Crippen molar-refractivity contribution in [3.63, 3.8) is 0 Å². The molecule has 2 N–H and O–H groups in total. The first-order valence-corrected chi connectivity index (χ1v) is 6.87. The van der Waals surface area contributed by atoms with Crippen molar-refractivity contribution < 1.29 is 4.79 Å². The van der Waals surface area contributed by atoms with Crippen molar-refractivity contribution in [2.24, 2.45) is 5.92 Å². The second kappa shape index (κ2) is 4.32. The smallest absolute Gasteiger partial charge is 0.230 e. The van der Waals surface area contributed by atoms with E-state index in [1.165, 1.54) is 5.56 Å². The summed E-state index contributed by atoms with van der Waals surface area (Å²) in [5.41, 5.74) is 3.21. The molecule has 0 spiro atoms. The molecular formula is C13H14Cl2N2O. The molecule has 3 nitrogen and oxygen atoms in total. The minimum Gasteiger partial charge on any atom is -0.385 e. The molecule has 0 aromatic heterocycles. The summed E-state index contributed by atoms with van der Waals surface area (Å²) in [6, 6.07) is 5.95. The van der Waals surface area contributed by atoms with E-state index >= 15 is 0 Å². The Hall–Kier alpha value is -0.930. The average Bonchev–Trinajstić information content (AvgIpc) is 2.98. The van der Waals surface area contributed by atoms with E-state index in [-0.39, 0.29) is 11.8 Å². The van der Waals surface area contributed by atoms with E-state index in [0.717, 1.165) is 30.8 Å². The Labute approximate surface area is 116 Å². The molecule has 1 heterocycles. The molecule has 0 bridgehead atoms. The van der Waals surface area contributed by atoms with Crippen LogP contribution in [0.3, 0.4) is 0 Å². The molecule has 5 heteroatoms. The van der Waals surface area contributed by atoms with Gasteiger partial charge in [0.25, 0.3) is 0 Å². The minimum atomic E-state index is -0.865. The SMILES string of the molecule is O=C(Nc1ccc2c(c1)NCCC2)C1CC1(Cl)Cl. The summed E-state index contributed by atoms with van der Waals surface area (Å²) in [6.07, 6.45) is 2.78. The van der Waals surface area contributed by atoms with Crippen molar-refractivity contribution in [1.29, 1.82) is 0 Å². The molecule has 1 amide bonds. The van der Waals surface area contributed by atoms with Gasteiger partial charge in [-0.25, -0.2) is 0 Å². The number of carbonyl (C=O) groups excluding carboxylic acids is 1. The minimum absolute atomic E-state index is 0.101. The number of benzene rings is 1. The molecule has 0 radical (unpaired) electrons. The van der Waals surface area contributed by atoms with Gasteiger partial charge in [-0.1, -0.05) is 6.07 Å². The van der Waals surface area contributed by atoms with Crippen LogP contribution in [0, 0.1) is 5.92 Å². The zero-order valence-electron chi connectivity index (χ0n) is 9.80. The van der Waals surface area contributed by atoms with Crippen LogP contribution in [0.2, 0.25) is 0 Å². The van der Waals surface area contributed by atoms with Gasteiger partial charge in [0, 0.05) is 17.9 Å². The molecule has 1 aromatic rings. The van der Waals surface area contributed by atoms with Crippen LogP contribution in [0.25, 0.3) is 0 Å². The maximum absolute atomic E-state index is 11.9. The zero-order valence-corrected chi connectivity index (χ0v) is 11.3. The Bertz CT molecular complexity index is 502. The lowest BCUT2D eigenvalue weighted by atomic mass is 10.0. The highest BCUT2D eigenvalue weighted by Crippen LogP contribution is 2.53. The van der Waals surface area contributed by atoms with E-state index in [4.69, 9.17) is 23.2 Å². The standard InChI is InChI=1S/C13H14Cl2N2O/c14-13(15)7-10(13)12(18)17-9-4-3-8-2-1-5-16-11(8)6-9/h3-4,6,10,16H,1-2,5,7H2,(H,17,18). The lowest BCUT2D eigenvalue weighted by Crippen LogP contribution is -2.18. The molecule has 1 aromatic carbocycles. The Morgan fingerprint density at radius 3 is 2.94 bits per heavy atom. The second-order valence-electron chi connectivity index (χ2n) is 4.91. The van der Waals surface area contributed by atoms with E-state index in [0.29, 0.717) is 6.42 Å². The van der Waals surface area contributed by atoms with Crippen molar-refractivity contribution in [2.75, 3.05) is 17.2 Å². The first-order chi connectivity index (χ1) is 8.56. The number of fused-ring (bicyclic) bond motifs is 1. The number of halogens is 2. The van der Waals surface area contributed by atoms with Gasteiger partial charge in [0.1, 0.15) is 4.33 Å². The summed E-state index contributed by atoms with van der Waals surface area (Å²) in [5, 5.41) is 6.20. The first-order valence-electron chi connectivity index (χ1n) is 6.12. The van der Waals surface area contributed by atoms with Crippen LogP contribution >= 0.6 is 23.2 Å². The topological polar surface area (TPSA) is 41.1 Å². The Balaban J connectivity index is 1.72. The van der Waals surface area contributed by atoms with Gasteiger partial charge in [-0.05, 0) is 37.0 Å².